The van der Waals surface area contributed by atoms with Gasteiger partial charge in [-0.15, -0.1) is 0 Å². The molecule has 3 heterocycles. The van der Waals surface area contributed by atoms with Crippen molar-refractivity contribution in [1.82, 2.24) is 30.0 Å². The molecule has 0 atom stereocenters. The third-order valence-corrected chi connectivity index (χ3v) is 5.57. The van der Waals surface area contributed by atoms with Crippen LogP contribution in [-0.2, 0) is 11.3 Å². The van der Waals surface area contributed by atoms with Crippen LogP contribution in [0.3, 0.4) is 0 Å². The molecule has 0 bridgehead atoms. The van der Waals surface area contributed by atoms with E-state index >= 15 is 0 Å². The Morgan fingerprint density at radius 2 is 1.81 bits per heavy atom. The van der Waals surface area contributed by atoms with Gasteiger partial charge in [-0.05, 0) is 24.8 Å². The van der Waals surface area contributed by atoms with E-state index in [0.29, 0.717) is 28.5 Å². The predicted octanol–water partition coefficient (Wildman–Crippen LogP) is 1.78. The van der Waals surface area contributed by atoms with Crippen LogP contribution in [0, 0.1) is 0 Å². The molecule has 3 aromatic rings. The van der Waals surface area contributed by atoms with Gasteiger partial charge in [0.2, 0.25) is 5.91 Å². The summed E-state index contributed by atoms with van der Waals surface area (Å²) in [6.45, 7) is 3.20. The lowest BCUT2D eigenvalue weighted by Gasteiger charge is -2.13. The van der Waals surface area contributed by atoms with Crippen LogP contribution in [0.4, 0.5) is 5.82 Å². The van der Waals surface area contributed by atoms with Crippen molar-refractivity contribution in [2.24, 2.45) is 0 Å². The molecule has 1 aliphatic heterocycles. The Labute approximate surface area is 188 Å². The fraction of sp³-hybridized carbons (Fsp3) is 0.333. The zero-order valence-electron chi connectivity index (χ0n) is 17.8. The first-order valence-corrected chi connectivity index (χ1v) is 11.5. The summed E-state index contributed by atoms with van der Waals surface area (Å²) < 4.78 is 1.70. The van der Waals surface area contributed by atoms with Crippen molar-refractivity contribution < 1.29 is 14.4 Å². The quantitative estimate of drug-likeness (QED) is 0.286. The number of rotatable bonds is 9. The average Bonchev–Trinajstić information content (AvgIpc) is 3.32. The molecule has 0 radical (unpaired) electrons. The van der Waals surface area contributed by atoms with Gasteiger partial charge < -0.3 is 10.6 Å². The molecule has 3 amide bonds. The van der Waals surface area contributed by atoms with Gasteiger partial charge >= 0.3 is 0 Å². The molecular weight excluding hydrogens is 430 g/mol. The Bertz CT molecular complexity index is 1160. The van der Waals surface area contributed by atoms with E-state index in [0.717, 1.165) is 29.1 Å². The maximum Gasteiger partial charge on any atom is 0.262 e. The number of benzene rings is 1. The fourth-order valence-corrected chi connectivity index (χ4v) is 3.81. The minimum absolute atomic E-state index is 0.273. The summed E-state index contributed by atoms with van der Waals surface area (Å²) >= 11 is 1.44. The minimum atomic E-state index is -0.452. The van der Waals surface area contributed by atoms with Crippen LogP contribution in [0.1, 0.15) is 34.1 Å². The molecule has 2 N–H and O–H groups in total. The van der Waals surface area contributed by atoms with Gasteiger partial charge in [0.05, 0.1) is 29.3 Å². The van der Waals surface area contributed by atoms with E-state index < -0.39 is 17.7 Å². The normalized spacial score (nSPS) is 13.0. The number of thioether (sulfide) groups is 1. The van der Waals surface area contributed by atoms with Crippen molar-refractivity contribution in [1.29, 1.82) is 0 Å². The third kappa shape index (κ3) is 4.15. The predicted molar refractivity (Wildman–Crippen MR) is 121 cm³/mol. The molecule has 0 saturated heterocycles. The second-order valence-electron chi connectivity index (χ2n) is 7.18. The Kier molecular flexibility index (Phi) is 6.35. The van der Waals surface area contributed by atoms with Crippen LogP contribution < -0.4 is 10.6 Å². The number of carbonyl (C=O) groups excluding carboxylic acids is 3. The van der Waals surface area contributed by atoms with Gasteiger partial charge in [-0.1, -0.05) is 30.8 Å². The van der Waals surface area contributed by atoms with E-state index in [1.807, 2.05) is 6.26 Å². The maximum atomic E-state index is 12.4. The molecule has 4 rings (SSSR count). The fourth-order valence-electron chi connectivity index (χ4n) is 3.45. The number of imide groups is 1. The van der Waals surface area contributed by atoms with Gasteiger partial charge in [0, 0.05) is 13.1 Å². The lowest BCUT2D eigenvalue weighted by atomic mass is 10.1. The topological polar surface area (TPSA) is 122 Å². The summed E-state index contributed by atoms with van der Waals surface area (Å²) in [5.74, 6) is -0.581. The number of nitrogens with one attached hydrogen (secondary N) is 2. The molecule has 166 valence electrons. The first-order valence-electron chi connectivity index (χ1n) is 10.3. The Hall–Kier alpha value is -3.47. The van der Waals surface area contributed by atoms with Crippen molar-refractivity contribution >= 4 is 46.3 Å². The van der Waals surface area contributed by atoms with Crippen molar-refractivity contribution in [2.75, 3.05) is 31.2 Å². The molecule has 2 aromatic heterocycles. The molecule has 0 saturated carbocycles. The highest BCUT2D eigenvalue weighted by Crippen LogP contribution is 2.24. The highest BCUT2D eigenvalue weighted by atomic mass is 32.2. The van der Waals surface area contributed by atoms with E-state index in [-0.39, 0.29) is 13.1 Å². The van der Waals surface area contributed by atoms with Crippen LogP contribution in [0.15, 0.2) is 35.6 Å². The standard InChI is InChI=1S/C21H23N7O3S/c1-3-8-23-17-15-11-24-28(18(15)26-21(25-17)32-2)10-9-22-16(29)12-27-19(30)13-6-4-5-7-14(13)20(27)31/h4-7,11H,3,8-10,12H2,1-2H3,(H,22,29)(H,23,25,26). The van der Waals surface area contributed by atoms with Gasteiger partial charge in [-0.2, -0.15) is 5.10 Å². The Balaban J connectivity index is 1.39. The average molecular weight is 454 g/mol. The van der Waals surface area contributed by atoms with Crippen LogP contribution in [0.25, 0.3) is 11.0 Å². The van der Waals surface area contributed by atoms with Crippen LogP contribution in [0.2, 0.25) is 0 Å². The van der Waals surface area contributed by atoms with Gasteiger partial charge in [0.25, 0.3) is 11.8 Å². The molecule has 11 heteroatoms. The number of aromatic nitrogens is 4. The molecule has 0 aliphatic carbocycles. The smallest absolute Gasteiger partial charge is 0.262 e. The highest BCUT2D eigenvalue weighted by molar-refractivity contribution is 7.98. The van der Waals surface area contributed by atoms with Gasteiger partial charge in [-0.25, -0.2) is 14.6 Å². The highest BCUT2D eigenvalue weighted by Gasteiger charge is 2.36. The van der Waals surface area contributed by atoms with Crippen molar-refractivity contribution in [3.8, 4) is 0 Å². The van der Waals surface area contributed by atoms with Crippen molar-refractivity contribution in [3.63, 3.8) is 0 Å². The number of nitrogens with zero attached hydrogens (tertiary/aromatic N) is 5. The lowest BCUT2D eigenvalue weighted by molar-refractivity contribution is -0.121. The summed E-state index contributed by atoms with van der Waals surface area (Å²) in [5.41, 5.74) is 1.33. The van der Waals surface area contributed by atoms with Gasteiger partial charge in [-0.3, -0.25) is 19.3 Å². The number of amides is 3. The van der Waals surface area contributed by atoms with Gasteiger partial charge in [0.15, 0.2) is 10.8 Å². The summed E-state index contributed by atoms with van der Waals surface area (Å²) in [6, 6.07) is 6.56. The number of anilines is 1. The molecule has 0 unspecified atom stereocenters. The second-order valence-corrected chi connectivity index (χ2v) is 7.96. The van der Waals surface area contributed by atoms with Crippen LogP contribution in [-0.4, -0.2) is 68.3 Å². The Morgan fingerprint density at radius 1 is 1.09 bits per heavy atom. The minimum Gasteiger partial charge on any atom is -0.369 e. The maximum absolute atomic E-state index is 12.4. The largest absolute Gasteiger partial charge is 0.369 e. The van der Waals surface area contributed by atoms with Crippen molar-refractivity contribution in [2.45, 2.75) is 25.0 Å². The summed E-state index contributed by atoms with van der Waals surface area (Å²) in [6.07, 6.45) is 4.58. The lowest BCUT2D eigenvalue weighted by Crippen LogP contribution is -2.41. The summed E-state index contributed by atoms with van der Waals surface area (Å²) in [5, 5.41) is 11.9. The monoisotopic (exact) mass is 453 g/mol. The van der Waals surface area contributed by atoms with Crippen LogP contribution >= 0.6 is 11.8 Å². The Morgan fingerprint density at radius 3 is 2.47 bits per heavy atom. The molecular formula is C21H23N7O3S. The van der Waals surface area contributed by atoms with Crippen molar-refractivity contribution in [3.05, 3.63) is 41.6 Å². The zero-order valence-corrected chi connectivity index (χ0v) is 18.6. The van der Waals surface area contributed by atoms with Gasteiger partial charge in [0.1, 0.15) is 12.4 Å². The van der Waals surface area contributed by atoms with E-state index in [4.69, 9.17) is 0 Å². The molecule has 10 nitrogen and oxygen atoms in total. The molecule has 1 aliphatic rings. The summed E-state index contributed by atoms with van der Waals surface area (Å²) in [4.78, 5) is 47.2. The number of hydrogen-bond donors (Lipinski definition) is 2. The third-order valence-electron chi connectivity index (χ3n) is 5.03. The van der Waals surface area contributed by atoms with E-state index in [2.05, 4.69) is 32.6 Å². The SMILES string of the molecule is CCCNc1nc(SC)nc2c1cnn2CCNC(=O)CN1C(=O)c2ccccc2C1=O. The molecule has 0 spiro atoms. The number of carbonyl (C=O) groups is 3. The van der Waals surface area contributed by atoms with E-state index in [1.54, 1.807) is 35.1 Å². The first kappa shape index (κ1) is 21.8. The summed E-state index contributed by atoms with van der Waals surface area (Å²) in [7, 11) is 0. The number of fused-ring (bicyclic) bond motifs is 2. The molecule has 1 aromatic carbocycles. The zero-order chi connectivity index (χ0) is 22.7. The van der Waals surface area contributed by atoms with E-state index in [1.165, 1.54) is 11.8 Å². The first-order chi connectivity index (χ1) is 15.5. The second kappa shape index (κ2) is 9.35. The van der Waals surface area contributed by atoms with E-state index in [9.17, 15) is 14.4 Å². The molecule has 32 heavy (non-hydrogen) atoms. The molecule has 0 fully saturated rings. The number of hydrogen-bond acceptors (Lipinski definition) is 8. The van der Waals surface area contributed by atoms with Crippen LogP contribution in [0.5, 0.6) is 0 Å².